The van der Waals surface area contributed by atoms with Crippen LogP contribution < -0.4 is 0 Å². The van der Waals surface area contributed by atoms with Gasteiger partial charge in [0.2, 0.25) is 5.89 Å². The number of nitrogens with zero attached hydrogens (tertiary/aromatic N) is 1. The zero-order valence-electron chi connectivity index (χ0n) is 9.81. The van der Waals surface area contributed by atoms with Crippen molar-refractivity contribution in [3.63, 3.8) is 0 Å². The number of fused-ring (bicyclic) bond motifs is 1. The van der Waals surface area contributed by atoms with Crippen LogP contribution in [0.25, 0.3) is 23.3 Å². The summed E-state index contributed by atoms with van der Waals surface area (Å²) in [6.45, 7) is 0. The van der Waals surface area contributed by atoms with Gasteiger partial charge < -0.3 is 4.42 Å². The SMILES string of the molecule is Fc1cccc(C=Cc2nc3cc(Br)ccc3o2)c1. The van der Waals surface area contributed by atoms with Gasteiger partial charge in [0.05, 0.1) is 0 Å². The predicted octanol–water partition coefficient (Wildman–Crippen LogP) is 4.90. The molecule has 0 spiro atoms. The van der Waals surface area contributed by atoms with E-state index in [0.717, 1.165) is 21.1 Å². The minimum absolute atomic E-state index is 0.261. The Morgan fingerprint density at radius 2 is 2.00 bits per heavy atom. The summed E-state index contributed by atoms with van der Waals surface area (Å²) in [6, 6.07) is 12.0. The highest BCUT2D eigenvalue weighted by molar-refractivity contribution is 9.10. The van der Waals surface area contributed by atoms with E-state index in [1.807, 2.05) is 24.3 Å². The molecule has 0 atom stereocenters. The second-order valence-corrected chi connectivity index (χ2v) is 4.97. The van der Waals surface area contributed by atoms with Crippen LogP contribution in [0, 0.1) is 5.82 Å². The molecule has 0 aliphatic carbocycles. The molecule has 1 heterocycles. The number of hydrogen-bond donors (Lipinski definition) is 0. The Bertz CT molecular complexity index is 764. The van der Waals surface area contributed by atoms with Crippen LogP contribution in [-0.2, 0) is 0 Å². The average molecular weight is 318 g/mol. The third-order valence-corrected chi connectivity index (χ3v) is 3.13. The molecule has 1 aromatic heterocycles. The molecule has 0 radical (unpaired) electrons. The molecule has 2 aromatic carbocycles. The molecular weight excluding hydrogens is 309 g/mol. The van der Waals surface area contributed by atoms with E-state index in [9.17, 15) is 4.39 Å². The maximum atomic E-state index is 13.0. The summed E-state index contributed by atoms with van der Waals surface area (Å²) < 4.78 is 19.5. The fourth-order valence-corrected chi connectivity index (χ4v) is 2.12. The standard InChI is InChI=1S/C15H9BrFNO/c16-11-5-6-14-13(9-11)18-15(19-14)7-4-10-2-1-3-12(17)8-10/h1-9H. The lowest BCUT2D eigenvalue weighted by Crippen LogP contribution is -1.75. The van der Waals surface area contributed by atoms with E-state index in [1.54, 1.807) is 18.2 Å². The number of halogens is 2. The molecule has 2 nitrogen and oxygen atoms in total. The van der Waals surface area contributed by atoms with Gasteiger partial charge in [-0.3, -0.25) is 0 Å². The molecule has 0 amide bonds. The van der Waals surface area contributed by atoms with Gasteiger partial charge in [-0.15, -0.1) is 0 Å². The van der Waals surface area contributed by atoms with E-state index >= 15 is 0 Å². The number of oxazole rings is 1. The maximum absolute atomic E-state index is 13.0. The minimum Gasteiger partial charge on any atom is -0.437 e. The van der Waals surface area contributed by atoms with Crippen LogP contribution >= 0.6 is 15.9 Å². The first-order valence-corrected chi connectivity index (χ1v) is 6.50. The van der Waals surface area contributed by atoms with Gasteiger partial charge in [-0.25, -0.2) is 9.37 Å². The summed E-state index contributed by atoms with van der Waals surface area (Å²) in [5.41, 5.74) is 2.28. The van der Waals surface area contributed by atoms with Gasteiger partial charge in [-0.1, -0.05) is 28.1 Å². The summed E-state index contributed by atoms with van der Waals surface area (Å²) in [4.78, 5) is 4.33. The van der Waals surface area contributed by atoms with Crippen molar-refractivity contribution >= 4 is 39.2 Å². The zero-order chi connectivity index (χ0) is 13.2. The van der Waals surface area contributed by atoms with Gasteiger partial charge in [-0.2, -0.15) is 0 Å². The highest BCUT2D eigenvalue weighted by Gasteiger charge is 2.03. The van der Waals surface area contributed by atoms with Crippen LogP contribution in [0.5, 0.6) is 0 Å². The lowest BCUT2D eigenvalue weighted by atomic mass is 10.2. The lowest BCUT2D eigenvalue weighted by molar-refractivity contribution is 0.589. The largest absolute Gasteiger partial charge is 0.437 e. The van der Waals surface area contributed by atoms with Crippen molar-refractivity contribution in [3.8, 4) is 0 Å². The summed E-state index contributed by atoms with van der Waals surface area (Å²) in [6.07, 6.45) is 3.49. The van der Waals surface area contributed by atoms with Crippen LogP contribution in [0.4, 0.5) is 4.39 Å². The fraction of sp³-hybridized carbons (Fsp3) is 0. The number of hydrogen-bond acceptors (Lipinski definition) is 2. The first-order valence-electron chi connectivity index (χ1n) is 5.70. The van der Waals surface area contributed by atoms with E-state index < -0.39 is 0 Å². The monoisotopic (exact) mass is 317 g/mol. The van der Waals surface area contributed by atoms with Crippen molar-refractivity contribution in [1.29, 1.82) is 0 Å². The Morgan fingerprint density at radius 1 is 1.11 bits per heavy atom. The molecule has 0 aliphatic rings. The van der Waals surface area contributed by atoms with Gasteiger partial charge in [0.25, 0.3) is 0 Å². The van der Waals surface area contributed by atoms with Crippen molar-refractivity contribution in [3.05, 3.63) is 64.2 Å². The zero-order valence-corrected chi connectivity index (χ0v) is 11.4. The molecule has 0 unspecified atom stereocenters. The summed E-state index contributed by atoms with van der Waals surface area (Å²) in [5, 5.41) is 0. The molecule has 19 heavy (non-hydrogen) atoms. The van der Waals surface area contributed by atoms with Gasteiger partial charge in [-0.05, 0) is 42.0 Å². The molecule has 0 saturated carbocycles. The normalized spacial score (nSPS) is 11.5. The fourth-order valence-electron chi connectivity index (χ4n) is 1.77. The third kappa shape index (κ3) is 2.74. The average Bonchev–Trinajstić information content (AvgIpc) is 2.78. The van der Waals surface area contributed by atoms with E-state index in [-0.39, 0.29) is 5.82 Å². The topological polar surface area (TPSA) is 26.0 Å². The second kappa shape index (κ2) is 4.97. The van der Waals surface area contributed by atoms with Gasteiger partial charge in [0.15, 0.2) is 5.58 Å². The molecule has 0 fully saturated rings. The Morgan fingerprint density at radius 3 is 2.84 bits per heavy atom. The Balaban J connectivity index is 1.92. The second-order valence-electron chi connectivity index (χ2n) is 4.05. The summed E-state index contributed by atoms with van der Waals surface area (Å²) in [7, 11) is 0. The molecule has 0 bridgehead atoms. The predicted molar refractivity (Wildman–Crippen MR) is 77.0 cm³/mol. The molecular formula is C15H9BrFNO. The molecule has 3 aromatic rings. The van der Waals surface area contributed by atoms with Crippen LogP contribution in [-0.4, -0.2) is 4.98 Å². The Kier molecular flexibility index (Phi) is 3.17. The van der Waals surface area contributed by atoms with Crippen LogP contribution in [0.15, 0.2) is 51.4 Å². The molecule has 0 saturated heterocycles. The van der Waals surface area contributed by atoms with Crippen molar-refractivity contribution in [2.75, 3.05) is 0 Å². The molecule has 94 valence electrons. The van der Waals surface area contributed by atoms with Crippen LogP contribution in [0.2, 0.25) is 0 Å². The molecule has 0 aliphatic heterocycles. The smallest absolute Gasteiger partial charge is 0.220 e. The number of benzene rings is 2. The first kappa shape index (κ1) is 12.1. The highest BCUT2D eigenvalue weighted by Crippen LogP contribution is 2.21. The quantitative estimate of drug-likeness (QED) is 0.672. The van der Waals surface area contributed by atoms with Crippen LogP contribution in [0.3, 0.4) is 0 Å². The van der Waals surface area contributed by atoms with E-state index in [2.05, 4.69) is 20.9 Å². The number of aromatic nitrogens is 1. The molecule has 3 rings (SSSR count). The van der Waals surface area contributed by atoms with Crippen molar-refractivity contribution < 1.29 is 8.81 Å². The van der Waals surface area contributed by atoms with E-state index in [1.165, 1.54) is 12.1 Å². The van der Waals surface area contributed by atoms with Gasteiger partial charge >= 0.3 is 0 Å². The van der Waals surface area contributed by atoms with Crippen LogP contribution in [0.1, 0.15) is 11.5 Å². The first-order chi connectivity index (χ1) is 9.20. The van der Waals surface area contributed by atoms with Gasteiger partial charge in [0, 0.05) is 10.5 Å². The lowest BCUT2D eigenvalue weighted by Gasteiger charge is -1.91. The molecule has 4 heteroatoms. The highest BCUT2D eigenvalue weighted by atomic mass is 79.9. The van der Waals surface area contributed by atoms with Gasteiger partial charge in [0.1, 0.15) is 11.3 Å². The minimum atomic E-state index is -0.261. The Labute approximate surface area is 117 Å². The molecule has 0 N–H and O–H groups in total. The third-order valence-electron chi connectivity index (χ3n) is 2.63. The maximum Gasteiger partial charge on any atom is 0.220 e. The Hall–Kier alpha value is -1.94. The number of rotatable bonds is 2. The van der Waals surface area contributed by atoms with Crippen molar-refractivity contribution in [2.45, 2.75) is 0 Å². The van der Waals surface area contributed by atoms with Crippen molar-refractivity contribution in [2.24, 2.45) is 0 Å². The summed E-state index contributed by atoms with van der Waals surface area (Å²) >= 11 is 3.38. The summed E-state index contributed by atoms with van der Waals surface area (Å²) in [5.74, 6) is 0.237. The van der Waals surface area contributed by atoms with E-state index in [0.29, 0.717) is 5.89 Å². The van der Waals surface area contributed by atoms with Crippen molar-refractivity contribution in [1.82, 2.24) is 4.98 Å². The van der Waals surface area contributed by atoms with E-state index in [4.69, 9.17) is 4.42 Å².